The molecule has 0 bridgehead atoms. The minimum Gasteiger partial charge on any atom is -0.147 e. The molecule has 0 heterocycles. The van der Waals surface area contributed by atoms with Gasteiger partial charge in [-0.1, -0.05) is 13.3 Å². The molecule has 0 rings (SSSR count). The molecule has 0 saturated heterocycles. The van der Waals surface area contributed by atoms with Crippen LogP contribution >= 0.6 is 8.03 Å². The zero-order chi connectivity index (χ0) is 6.41. The predicted molar refractivity (Wildman–Crippen MR) is 44.3 cm³/mol. The molecule has 0 N–H and O–H groups in total. The quantitative estimate of drug-likeness (QED) is 0.353. The van der Waals surface area contributed by atoms with Crippen LogP contribution in [0.1, 0.15) is 19.8 Å². The van der Waals surface area contributed by atoms with Crippen LogP contribution in [0.2, 0.25) is 0 Å². The van der Waals surface area contributed by atoms with Crippen molar-refractivity contribution in [2.75, 3.05) is 13.3 Å². The molecule has 0 aliphatic rings. The van der Waals surface area contributed by atoms with Crippen LogP contribution in [0.5, 0.6) is 0 Å². The van der Waals surface area contributed by atoms with Gasteiger partial charge in [0.1, 0.15) is 6.61 Å². The van der Waals surface area contributed by atoms with Gasteiger partial charge in [0.25, 0.3) is 0 Å². The summed E-state index contributed by atoms with van der Waals surface area (Å²) in [6.45, 7) is 4.29. The van der Waals surface area contributed by atoms with Crippen LogP contribution in [-0.4, -0.2) is 30.6 Å². The van der Waals surface area contributed by atoms with Crippen molar-refractivity contribution in [1.29, 1.82) is 0 Å². The fourth-order valence-electron chi connectivity index (χ4n) is 0.337. The zero-order valence-electron chi connectivity index (χ0n) is 5.39. The molecule has 0 aliphatic carbocycles. The molecule has 0 amide bonds. The van der Waals surface area contributed by atoms with E-state index in [0.29, 0.717) is 6.61 Å². The average molecular weight is 165 g/mol. The molecular formula is C5H15AlO2P+. The molecule has 0 fully saturated rings. The third-order valence-corrected chi connectivity index (χ3v) is 1.32. The van der Waals surface area contributed by atoms with Crippen LogP contribution in [-0.2, 0) is 9.09 Å². The van der Waals surface area contributed by atoms with Gasteiger partial charge in [0.05, 0.1) is 0 Å². The standard InChI is InChI=1S/C5H12O2P.Al.3H/c1-3-4-5-7-8(2)6;;;;/h3-5H2,1-2H3;;;;/q+1;;;;. The van der Waals surface area contributed by atoms with Crippen LogP contribution < -0.4 is 0 Å². The molecular weight excluding hydrogens is 150 g/mol. The lowest BCUT2D eigenvalue weighted by molar-refractivity contribution is 0.324. The van der Waals surface area contributed by atoms with Gasteiger partial charge < -0.3 is 0 Å². The smallest absolute Gasteiger partial charge is 0.147 e. The second-order valence-electron chi connectivity index (χ2n) is 1.63. The van der Waals surface area contributed by atoms with Crippen molar-refractivity contribution in [2.45, 2.75) is 19.8 Å². The molecule has 0 aromatic rings. The number of hydrogen-bond acceptors (Lipinski definition) is 2. The molecule has 54 valence electrons. The summed E-state index contributed by atoms with van der Waals surface area (Å²) in [7, 11) is -1.36. The van der Waals surface area contributed by atoms with Crippen LogP contribution in [0.15, 0.2) is 0 Å². The van der Waals surface area contributed by atoms with Gasteiger partial charge in [0.15, 0.2) is 24.0 Å². The molecule has 0 aliphatic heterocycles. The highest BCUT2D eigenvalue weighted by atomic mass is 31.1. The Morgan fingerprint density at radius 1 is 1.56 bits per heavy atom. The Morgan fingerprint density at radius 2 is 2.11 bits per heavy atom. The predicted octanol–water partition coefficient (Wildman–Crippen LogP) is 0.991. The van der Waals surface area contributed by atoms with E-state index in [2.05, 4.69) is 6.92 Å². The monoisotopic (exact) mass is 165 g/mol. The van der Waals surface area contributed by atoms with Crippen molar-refractivity contribution in [3.8, 4) is 0 Å². The maximum atomic E-state index is 10.2. The molecule has 1 atom stereocenters. The van der Waals surface area contributed by atoms with Gasteiger partial charge in [0, 0.05) is 0 Å². The summed E-state index contributed by atoms with van der Waals surface area (Å²) in [4.78, 5) is 0. The molecule has 0 spiro atoms. The van der Waals surface area contributed by atoms with Gasteiger partial charge in [-0.15, -0.1) is 4.52 Å². The molecule has 0 radical (unpaired) electrons. The van der Waals surface area contributed by atoms with Gasteiger partial charge in [-0.05, 0) is 11.0 Å². The Morgan fingerprint density at radius 3 is 2.44 bits per heavy atom. The van der Waals surface area contributed by atoms with E-state index in [-0.39, 0.29) is 17.4 Å². The molecule has 4 heteroatoms. The van der Waals surface area contributed by atoms with Crippen LogP contribution in [0.25, 0.3) is 0 Å². The first-order valence-corrected chi connectivity index (χ1v) is 4.43. The Kier molecular flexibility index (Phi) is 11.7. The number of hydrogen-bond donors (Lipinski definition) is 0. The molecule has 9 heavy (non-hydrogen) atoms. The second-order valence-corrected chi connectivity index (χ2v) is 2.76. The summed E-state index contributed by atoms with van der Waals surface area (Å²) < 4.78 is 15.0. The Bertz CT molecular complexity index is 77.4. The van der Waals surface area contributed by atoms with E-state index in [0.717, 1.165) is 12.8 Å². The summed E-state index contributed by atoms with van der Waals surface area (Å²) in [6, 6.07) is 0. The van der Waals surface area contributed by atoms with Crippen molar-refractivity contribution in [1.82, 2.24) is 0 Å². The van der Waals surface area contributed by atoms with E-state index in [1.54, 1.807) is 6.66 Å². The summed E-state index contributed by atoms with van der Waals surface area (Å²) >= 11 is 0. The Hall–Kier alpha value is 0.592. The van der Waals surface area contributed by atoms with Gasteiger partial charge in [-0.3, -0.25) is 0 Å². The van der Waals surface area contributed by atoms with E-state index in [9.17, 15) is 4.57 Å². The van der Waals surface area contributed by atoms with Crippen LogP contribution in [0.3, 0.4) is 0 Å². The van der Waals surface area contributed by atoms with Gasteiger partial charge in [-0.2, -0.15) is 0 Å². The number of unbranched alkanes of at least 4 members (excludes halogenated alkanes) is 1. The van der Waals surface area contributed by atoms with Gasteiger partial charge in [0.2, 0.25) is 0 Å². The first kappa shape index (κ1) is 12.3. The van der Waals surface area contributed by atoms with Crippen molar-refractivity contribution in [2.24, 2.45) is 0 Å². The summed E-state index contributed by atoms with van der Waals surface area (Å²) in [5.74, 6) is 0. The van der Waals surface area contributed by atoms with Crippen molar-refractivity contribution in [3.05, 3.63) is 0 Å². The van der Waals surface area contributed by atoms with E-state index in [1.807, 2.05) is 0 Å². The van der Waals surface area contributed by atoms with Crippen molar-refractivity contribution >= 4 is 25.4 Å². The van der Waals surface area contributed by atoms with Crippen molar-refractivity contribution < 1.29 is 9.09 Å². The average Bonchev–Trinajstić information content (AvgIpc) is 1.66. The molecule has 2 nitrogen and oxygen atoms in total. The minimum atomic E-state index is -1.36. The van der Waals surface area contributed by atoms with Crippen LogP contribution in [0.4, 0.5) is 0 Å². The fourth-order valence-corrected chi connectivity index (χ4v) is 0.724. The van der Waals surface area contributed by atoms with Crippen molar-refractivity contribution in [3.63, 3.8) is 0 Å². The third kappa shape index (κ3) is 11.9. The minimum absolute atomic E-state index is 0. The fraction of sp³-hybridized carbons (Fsp3) is 1.00. The van der Waals surface area contributed by atoms with E-state index >= 15 is 0 Å². The molecule has 1 unspecified atom stereocenters. The Labute approximate surface area is 68.0 Å². The highest BCUT2D eigenvalue weighted by Gasteiger charge is 2.03. The first-order valence-electron chi connectivity index (χ1n) is 2.81. The Balaban J connectivity index is 0. The maximum absolute atomic E-state index is 10.2. The van der Waals surface area contributed by atoms with Gasteiger partial charge in [-0.25, -0.2) is 0 Å². The second kappa shape index (κ2) is 8.59. The number of rotatable bonds is 4. The van der Waals surface area contributed by atoms with E-state index < -0.39 is 8.03 Å². The summed E-state index contributed by atoms with van der Waals surface area (Å²) in [5.41, 5.74) is 0. The normalized spacial score (nSPS) is 10.2. The highest BCUT2D eigenvalue weighted by Crippen LogP contribution is 2.14. The first-order chi connectivity index (χ1) is 3.77. The topological polar surface area (TPSA) is 26.3 Å². The SMILES string of the molecule is CCCCO[P+](C)=O.[AlH3]. The third-order valence-electron chi connectivity index (χ3n) is 0.771. The maximum Gasteiger partial charge on any atom is 0.504 e. The summed E-state index contributed by atoms with van der Waals surface area (Å²) in [5, 5.41) is 0. The van der Waals surface area contributed by atoms with E-state index in [1.165, 1.54) is 0 Å². The van der Waals surface area contributed by atoms with Crippen LogP contribution in [0, 0.1) is 0 Å². The highest BCUT2D eigenvalue weighted by molar-refractivity contribution is 7.38. The molecule has 0 aromatic heterocycles. The lowest BCUT2D eigenvalue weighted by Crippen LogP contribution is -1.82. The molecule has 0 aromatic carbocycles. The lowest BCUT2D eigenvalue weighted by atomic mass is 10.4. The summed E-state index contributed by atoms with van der Waals surface area (Å²) in [6.07, 6.45) is 2.11. The van der Waals surface area contributed by atoms with E-state index in [4.69, 9.17) is 4.52 Å². The lowest BCUT2D eigenvalue weighted by Gasteiger charge is -1.84. The largest absolute Gasteiger partial charge is 0.504 e. The zero-order valence-corrected chi connectivity index (χ0v) is 6.28. The molecule has 0 saturated carbocycles. The van der Waals surface area contributed by atoms with Gasteiger partial charge >= 0.3 is 8.03 Å².